The Morgan fingerprint density at radius 1 is 1.13 bits per heavy atom. The molecule has 31 heavy (non-hydrogen) atoms. The molecule has 1 saturated heterocycles. The average Bonchev–Trinajstić information content (AvgIpc) is 3.36. The van der Waals surface area contributed by atoms with Gasteiger partial charge in [-0.15, -0.1) is 0 Å². The first-order valence-electron chi connectivity index (χ1n) is 10.3. The van der Waals surface area contributed by atoms with E-state index >= 15 is 0 Å². The summed E-state index contributed by atoms with van der Waals surface area (Å²) >= 11 is 0. The number of aliphatic hydroxyl groups is 1. The Labute approximate surface area is 179 Å². The molecule has 0 radical (unpaired) electrons. The van der Waals surface area contributed by atoms with Crippen LogP contribution in [-0.2, 0) is 9.59 Å². The van der Waals surface area contributed by atoms with Crippen LogP contribution in [0.1, 0.15) is 48.4 Å². The first-order chi connectivity index (χ1) is 14.8. The number of methoxy groups -OCH3 is 1. The fourth-order valence-electron chi connectivity index (χ4n) is 4.56. The van der Waals surface area contributed by atoms with E-state index in [2.05, 4.69) is 0 Å². The number of amides is 1. The fraction of sp³-hybridized carbons (Fsp3) is 0.333. The van der Waals surface area contributed by atoms with E-state index in [1.54, 1.807) is 19.1 Å². The van der Waals surface area contributed by atoms with Crippen molar-refractivity contribution in [2.75, 3.05) is 7.11 Å². The third kappa shape index (κ3) is 3.54. The average molecular weight is 425 g/mol. The number of phenols is 1. The van der Waals surface area contributed by atoms with E-state index < -0.39 is 23.5 Å². The number of aromatic hydroxyl groups is 1. The van der Waals surface area contributed by atoms with Gasteiger partial charge >= 0.3 is 0 Å². The fourth-order valence-corrected chi connectivity index (χ4v) is 4.56. The van der Waals surface area contributed by atoms with E-state index in [9.17, 15) is 24.2 Å². The van der Waals surface area contributed by atoms with Crippen LogP contribution in [0.15, 0.2) is 42.0 Å². The number of hydrogen-bond donors (Lipinski definition) is 2. The second-order valence-electron chi connectivity index (χ2n) is 8.04. The second-order valence-corrected chi connectivity index (χ2v) is 8.04. The third-order valence-corrected chi connectivity index (χ3v) is 6.15. The Morgan fingerprint density at radius 2 is 1.84 bits per heavy atom. The monoisotopic (exact) mass is 425 g/mol. The lowest BCUT2D eigenvalue weighted by Gasteiger charge is -2.31. The molecule has 1 aliphatic heterocycles. The topological polar surface area (TPSA) is 87.1 Å². The minimum absolute atomic E-state index is 0.0625. The molecular weight excluding hydrogens is 401 g/mol. The van der Waals surface area contributed by atoms with Gasteiger partial charge in [-0.05, 0) is 61.2 Å². The number of rotatable bonds is 4. The largest absolute Gasteiger partial charge is 0.507 e. The van der Waals surface area contributed by atoms with Crippen molar-refractivity contribution in [3.63, 3.8) is 0 Å². The zero-order valence-electron chi connectivity index (χ0n) is 17.4. The lowest BCUT2D eigenvalue weighted by molar-refractivity contribution is -0.141. The van der Waals surface area contributed by atoms with Crippen LogP contribution in [0.3, 0.4) is 0 Å². The number of ether oxygens (including phenoxy) is 1. The zero-order chi connectivity index (χ0) is 22.3. The maximum absolute atomic E-state index is 13.7. The summed E-state index contributed by atoms with van der Waals surface area (Å²) in [5, 5.41) is 21.4. The first kappa shape index (κ1) is 20.9. The number of ketones is 1. The van der Waals surface area contributed by atoms with E-state index in [1.165, 1.54) is 36.3 Å². The maximum atomic E-state index is 13.7. The van der Waals surface area contributed by atoms with Crippen LogP contribution >= 0.6 is 0 Å². The molecule has 2 N–H and O–H groups in total. The summed E-state index contributed by atoms with van der Waals surface area (Å²) in [7, 11) is 1.43. The van der Waals surface area contributed by atoms with E-state index in [4.69, 9.17) is 4.74 Å². The van der Waals surface area contributed by atoms with Crippen molar-refractivity contribution in [1.29, 1.82) is 0 Å². The van der Waals surface area contributed by atoms with Crippen LogP contribution in [0.4, 0.5) is 4.39 Å². The zero-order valence-corrected chi connectivity index (χ0v) is 17.4. The Morgan fingerprint density at radius 3 is 2.45 bits per heavy atom. The highest BCUT2D eigenvalue weighted by molar-refractivity contribution is 6.46. The number of carbonyl (C=O) groups excluding carboxylic acids is 2. The van der Waals surface area contributed by atoms with Crippen LogP contribution in [-0.4, -0.2) is 40.0 Å². The van der Waals surface area contributed by atoms with Crippen LogP contribution in [0.2, 0.25) is 0 Å². The van der Waals surface area contributed by atoms with Crippen molar-refractivity contribution in [3.05, 3.63) is 64.5 Å². The molecule has 7 heteroatoms. The molecular formula is C24H24FNO5. The first-order valence-corrected chi connectivity index (χ1v) is 10.3. The normalized spacial score (nSPS) is 21.1. The highest BCUT2D eigenvalue weighted by atomic mass is 19.1. The molecule has 0 bridgehead atoms. The summed E-state index contributed by atoms with van der Waals surface area (Å²) in [6.07, 6.45) is 3.43. The summed E-state index contributed by atoms with van der Waals surface area (Å²) in [4.78, 5) is 27.6. The standard InChI is InChI=1S/C24H24FNO5/c1-13-11-15(7-9-17(13)25)22(28)20-21(14-8-10-19(31-2)18(27)12-14)26(24(30)23(20)29)16-5-3-4-6-16/h7-12,16,21,27-28H,3-6H2,1-2H3/b22-20-. The molecule has 1 atom stereocenters. The minimum atomic E-state index is -0.856. The van der Waals surface area contributed by atoms with Gasteiger partial charge in [0.05, 0.1) is 18.7 Å². The van der Waals surface area contributed by atoms with E-state index in [1.807, 2.05) is 0 Å². The van der Waals surface area contributed by atoms with Crippen molar-refractivity contribution in [2.45, 2.75) is 44.7 Å². The van der Waals surface area contributed by atoms with Crippen LogP contribution in [0.5, 0.6) is 11.5 Å². The van der Waals surface area contributed by atoms with E-state index in [0.717, 1.165) is 25.7 Å². The molecule has 1 aliphatic carbocycles. The van der Waals surface area contributed by atoms with Gasteiger partial charge in [-0.1, -0.05) is 18.9 Å². The van der Waals surface area contributed by atoms with Gasteiger partial charge in [-0.3, -0.25) is 9.59 Å². The molecule has 2 fully saturated rings. The van der Waals surface area contributed by atoms with Gasteiger partial charge < -0.3 is 19.8 Å². The van der Waals surface area contributed by atoms with Crippen molar-refractivity contribution in [1.82, 2.24) is 4.90 Å². The molecule has 1 unspecified atom stereocenters. The van der Waals surface area contributed by atoms with Crippen LogP contribution in [0, 0.1) is 12.7 Å². The molecule has 4 rings (SSSR count). The number of halogens is 1. The number of nitrogens with zero attached hydrogens (tertiary/aromatic N) is 1. The highest BCUT2D eigenvalue weighted by Crippen LogP contribution is 2.45. The molecule has 0 aromatic heterocycles. The summed E-state index contributed by atoms with van der Waals surface area (Å²) in [6.45, 7) is 1.56. The Kier molecular flexibility index (Phi) is 5.43. The van der Waals surface area contributed by atoms with E-state index in [0.29, 0.717) is 11.1 Å². The van der Waals surface area contributed by atoms with Crippen molar-refractivity contribution >= 4 is 17.4 Å². The number of aliphatic hydroxyl groups excluding tert-OH is 1. The van der Waals surface area contributed by atoms with Crippen LogP contribution < -0.4 is 4.74 Å². The number of phenolic OH excluding ortho intramolecular Hbond substituents is 1. The summed E-state index contributed by atoms with van der Waals surface area (Å²) < 4.78 is 18.8. The van der Waals surface area contributed by atoms with Gasteiger partial charge in [-0.25, -0.2) is 4.39 Å². The number of carbonyl (C=O) groups is 2. The van der Waals surface area contributed by atoms with E-state index in [-0.39, 0.29) is 34.4 Å². The molecule has 162 valence electrons. The molecule has 1 saturated carbocycles. The Hall–Kier alpha value is -3.35. The van der Waals surface area contributed by atoms with Crippen molar-refractivity contribution in [2.24, 2.45) is 0 Å². The van der Waals surface area contributed by atoms with Gasteiger partial charge in [0.2, 0.25) is 0 Å². The summed E-state index contributed by atoms with van der Waals surface area (Å²) in [6, 6.07) is 7.71. The smallest absolute Gasteiger partial charge is 0.295 e. The van der Waals surface area contributed by atoms with Crippen molar-refractivity contribution in [3.8, 4) is 11.5 Å². The SMILES string of the molecule is COc1ccc(C2/C(=C(/O)c3ccc(F)c(C)c3)C(=O)C(=O)N2C2CCCC2)cc1O. The predicted octanol–water partition coefficient (Wildman–Crippen LogP) is 4.21. The lowest BCUT2D eigenvalue weighted by atomic mass is 9.94. The molecule has 2 aromatic carbocycles. The number of hydrogen-bond acceptors (Lipinski definition) is 5. The van der Waals surface area contributed by atoms with Gasteiger partial charge in [0.25, 0.3) is 11.7 Å². The number of benzene rings is 2. The van der Waals surface area contributed by atoms with Gasteiger partial charge in [0.1, 0.15) is 11.6 Å². The van der Waals surface area contributed by atoms with Gasteiger partial charge in [-0.2, -0.15) is 0 Å². The number of Topliss-reactive ketones (excluding diaryl/α,β-unsaturated/α-hetero) is 1. The highest BCUT2D eigenvalue weighted by Gasteiger charge is 2.49. The van der Waals surface area contributed by atoms with Gasteiger partial charge in [0.15, 0.2) is 11.5 Å². The molecule has 0 spiro atoms. The molecule has 2 aromatic rings. The molecule has 1 heterocycles. The predicted molar refractivity (Wildman–Crippen MR) is 112 cm³/mol. The molecule has 1 amide bonds. The number of aryl methyl sites for hydroxylation is 1. The van der Waals surface area contributed by atoms with Crippen LogP contribution in [0.25, 0.3) is 5.76 Å². The minimum Gasteiger partial charge on any atom is -0.507 e. The Bertz CT molecular complexity index is 1090. The molecule has 2 aliphatic rings. The number of likely N-dealkylation sites (tertiary alicyclic amines) is 1. The lowest BCUT2D eigenvalue weighted by Crippen LogP contribution is -2.37. The quantitative estimate of drug-likeness (QED) is 0.435. The molecule has 6 nitrogen and oxygen atoms in total. The maximum Gasteiger partial charge on any atom is 0.295 e. The summed E-state index contributed by atoms with van der Waals surface area (Å²) in [5.41, 5.74) is 0.996. The third-order valence-electron chi connectivity index (χ3n) is 6.15. The second kappa shape index (κ2) is 8.06. The van der Waals surface area contributed by atoms with Crippen molar-refractivity contribution < 1.29 is 28.9 Å². The van der Waals surface area contributed by atoms with Gasteiger partial charge in [0, 0.05) is 11.6 Å². The summed E-state index contributed by atoms with van der Waals surface area (Å²) in [5.74, 6) is -2.12. The Balaban J connectivity index is 1.90.